The van der Waals surface area contributed by atoms with Crippen molar-refractivity contribution >= 4 is 23.8 Å². The molecule has 9 heteroatoms. The van der Waals surface area contributed by atoms with Crippen LogP contribution in [0, 0.1) is 23.7 Å². The first-order valence-corrected chi connectivity index (χ1v) is 15.5. The molecule has 4 amide bonds. The molecule has 9 nitrogen and oxygen atoms in total. The van der Waals surface area contributed by atoms with E-state index in [2.05, 4.69) is 17.1 Å². The number of ether oxygens (including phenoxy) is 1. The Morgan fingerprint density at radius 1 is 0.795 bits per heavy atom. The zero-order chi connectivity index (χ0) is 27.8. The van der Waals surface area contributed by atoms with Crippen LogP contribution in [0.15, 0.2) is 0 Å². The number of nitrogens with zero attached hydrogens (tertiary/aromatic N) is 3. The molecule has 3 saturated carbocycles. The highest BCUT2D eigenvalue weighted by molar-refractivity contribution is 5.82. The highest BCUT2D eigenvalue weighted by Gasteiger charge is 2.51. The van der Waals surface area contributed by atoms with Gasteiger partial charge in [-0.1, -0.05) is 0 Å². The maximum atomic E-state index is 13.3. The van der Waals surface area contributed by atoms with Gasteiger partial charge in [0.2, 0.25) is 17.7 Å². The summed E-state index contributed by atoms with van der Waals surface area (Å²) in [6.07, 6.45) is 9.23. The zero-order valence-electron chi connectivity index (χ0n) is 24.3. The van der Waals surface area contributed by atoms with E-state index in [9.17, 15) is 19.2 Å². The minimum atomic E-state index is -0.247. The summed E-state index contributed by atoms with van der Waals surface area (Å²) in [6, 6.07) is 0.159. The third-order valence-electron chi connectivity index (χ3n) is 9.96. The molecule has 3 unspecified atom stereocenters. The van der Waals surface area contributed by atoms with Gasteiger partial charge in [-0.3, -0.25) is 14.4 Å². The first-order valence-electron chi connectivity index (χ1n) is 15.5. The van der Waals surface area contributed by atoms with E-state index in [0.29, 0.717) is 24.9 Å². The molecule has 0 radical (unpaired) electrons. The van der Waals surface area contributed by atoms with E-state index in [4.69, 9.17) is 4.74 Å². The Balaban J connectivity index is 1.20. The molecule has 3 aliphatic carbocycles. The Labute approximate surface area is 233 Å². The van der Waals surface area contributed by atoms with E-state index in [1.54, 1.807) is 0 Å². The van der Waals surface area contributed by atoms with E-state index < -0.39 is 0 Å². The number of hydrogen-bond donors (Lipinski definition) is 1. The zero-order valence-corrected chi connectivity index (χ0v) is 24.3. The Morgan fingerprint density at radius 3 is 2.08 bits per heavy atom. The van der Waals surface area contributed by atoms with Crippen molar-refractivity contribution in [1.82, 2.24) is 20.0 Å². The number of fused-ring (bicyclic) bond motifs is 1. The van der Waals surface area contributed by atoms with Gasteiger partial charge >= 0.3 is 6.09 Å². The molecule has 218 valence electrons. The lowest BCUT2D eigenvalue weighted by molar-refractivity contribution is -0.146. The number of rotatable bonds is 5. The fourth-order valence-electron chi connectivity index (χ4n) is 7.95. The van der Waals surface area contributed by atoms with E-state index >= 15 is 0 Å². The number of hydrogen-bond acceptors (Lipinski definition) is 5. The van der Waals surface area contributed by atoms with E-state index in [0.717, 1.165) is 70.8 Å². The molecule has 0 aromatic heterocycles. The lowest BCUT2D eigenvalue weighted by Gasteiger charge is -2.54. The number of carbonyl (C=O) groups is 4. The van der Waals surface area contributed by atoms with Crippen LogP contribution < -0.4 is 5.32 Å². The number of nitrogens with one attached hydrogen (secondary N) is 1. The van der Waals surface area contributed by atoms with Gasteiger partial charge in [0.15, 0.2) is 0 Å². The second-order valence-corrected chi connectivity index (χ2v) is 13.2. The average molecular weight is 545 g/mol. The third-order valence-corrected chi connectivity index (χ3v) is 9.96. The molecule has 0 aromatic carbocycles. The smallest absolute Gasteiger partial charge is 0.410 e. The van der Waals surface area contributed by atoms with Gasteiger partial charge < -0.3 is 24.8 Å². The Hall–Kier alpha value is -2.32. The van der Waals surface area contributed by atoms with Crippen LogP contribution in [0.25, 0.3) is 0 Å². The average Bonchev–Trinajstić information content (AvgIpc) is 3.65. The second kappa shape index (κ2) is 11.7. The van der Waals surface area contributed by atoms with Crippen molar-refractivity contribution in [3.63, 3.8) is 0 Å². The van der Waals surface area contributed by atoms with Gasteiger partial charge in [0, 0.05) is 50.5 Å². The van der Waals surface area contributed by atoms with Gasteiger partial charge in [-0.2, -0.15) is 0 Å². The number of carbonyl (C=O) groups excluding carboxylic acids is 4. The predicted molar refractivity (Wildman–Crippen MR) is 147 cm³/mol. The molecule has 5 atom stereocenters. The van der Waals surface area contributed by atoms with Gasteiger partial charge in [0.1, 0.15) is 0 Å². The van der Waals surface area contributed by atoms with Crippen LogP contribution in [-0.4, -0.2) is 88.4 Å². The molecule has 0 aromatic rings. The molecule has 39 heavy (non-hydrogen) atoms. The van der Waals surface area contributed by atoms with Crippen molar-refractivity contribution in [2.45, 2.75) is 122 Å². The maximum Gasteiger partial charge on any atom is 0.410 e. The molecule has 2 saturated heterocycles. The fourth-order valence-corrected chi connectivity index (χ4v) is 7.95. The molecule has 5 fully saturated rings. The van der Waals surface area contributed by atoms with Crippen LogP contribution in [0.1, 0.15) is 91.9 Å². The maximum absolute atomic E-state index is 13.3. The van der Waals surface area contributed by atoms with Crippen molar-refractivity contribution in [2.75, 3.05) is 19.6 Å². The first kappa shape index (κ1) is 28.2. The van der Waals surface area contributed by atoms with Crippen LogP contribution in [0.3, 0.4) is 0 Å². The molecule has 5 aliphatic rings. The van der Waals surface area contributed by atoms with Crippen molar-refractivity contribution in [3.8, 4) is 0 Å². The number of likely N-dealkylation sites (tertiary alicyclic amines) is 1. The van der Waals surface area contributed by atoms with Gasteiger partial charge in [-0.15, -0.1) is 0 Å². The van der Waals surface area contributed by atoms with Crippen LogP contribution in [0.4, 0.5) is 4.79 Å². The summed E-state index contributed by atoms with van der Waals surface area (Å²) in [6.45, 7) is 9.27. The Morgan fingerprint density at radius 2 is 1.44 bits per heavy atom. The topological polar surface area (TPSA) is 99.3 Å². The number of amides is 4. The van der Waals surface area contributed by atoms with E-state index in [-0.39, 0.29) is 65.9 Å². The molecule has 0 bridgehead atoms. The summed E-state index contributed by atoms with van der Waals surface area (Å²) in [7, 11) is 0. The first-order chi connectivity index (χ1) is 18.6. The highest BCUT2D eigenvalue weighted by atomic mass is 16.6. The standard InChI is InChI=1S/C30H48N4O5/c1-18(2)39-30(38)33-16-19(3)34(29(37)23-9-10-23)26-12-11-24(15-27(26)33)21-5-7-22(8-6-21)28(36)32-14-13-25(17-32)31-20(4)35/h18-19,21-27H,5-17H2,1-4H3,(H,31,35)/t19-,21?,22?,24?,25+,26?,27?/m0/s1. The predicted octanol–water partition coefficient (Wildman–Crippen LogP) is 3.55. The third kappa shape index (κ3) is 6.22. The summed E-state index contributed by atoms with van der Waals surface area (Å²) >= 11 is 0. The van der Waals surface area contributed by atoms with Crippen LogP contribution in [-0.2, 0) is 19.1 Å². The van der Waals surface area contributed by atoms with E-state index in [1.165, 1.54) is 6.92 Å². The van der Waals surface area contributed by atoms with E-state index in [1.807, 2.05) is 23.6 Å². The molecular formula is C30H48N4O5. The lowest BCUT2D eigenvalue weighted by Crippen LogP contribution is -2.67. The SMILES string of the molecule is CC(=O)N[C@@H]1CCN(C(=O)C2CCC(C3CCC4C(C3)N(C(=O)OC(C)C)C[C@H](C)N4C(=O)C3CC3)CC2)C1. The summed E-state index contributed by atoms with van der Waals surface area (Å²) in [5.74, 6) is 1.81. The summed E-state index contributed by atoms with van der Waals surface area (Å²) in [5, 5.41) is 2.95. The van der Waals surface area contributed by atoms with Crippen molar-refractivity contribution in [2.24, 2.45) is 23.7 Å². The van der Waals surface area contributed by atoms with Gasteiger partial charge in [0.25, 0.3) is 0 Å². The molecule has 5 rings (SSSR count). The van der Waals surface area contributed by atoms with Gasteiger partial charge in [-0.05, 0) is 96.8 Å². The number of piperazine rings is 1. The summed E-state index contributed by atoms with van der Waals surface area (Å²) in [4.78, 5) is 57.1. The molecular weight excluding hydrogens is 496 g/mol. The Bertz CT molecular complexity index is 944. The molecule has 1 N–H and O–H groups in total. The van der Waals surface area contributed by atoms with Crippen molar-refractivity contribution in [1.29, 1.82) is 0 Å². The Kier molecular flexibility index (Phi) is 8.43. The fraction of sp³-hybridized carbons (Fsp3) is 0.867. The largest absolute Gasteiger partial charge is 0.447 e. The monoisotopic (exact) mass is 544 g/mol. The minimum Gasteiger partial charge on any atom is -0.447 e. The van der Waals surface area contributed by atoms with Crippen molar-refractivity contribution < 1.29 is 23.9 Å². The molecule has 2 heterocycles. The van der Waals surface area contributed by atoms with Crippen LogP contribution in [0.2, 0.25) is 0 Å². The summed E-state index contributed by atoms with van der Waals surface area (Å²) < 4.78 is 5.66. The quantitative estimate of drug-likeness (QED) is 0.571. The van der Waals surface area contributed by atoms with Gasteiger partial charge in [0.05, 0.1) is 18.2 Å². The normalized spacial score (nSPS) is 35.0. The van der Waals surface area contributed by atoms with Crippen molar-refractivity contribution in [3.05, 3.63) is 0 Å². The minimum absolute atomic E-state index is 0.00330. The highest BCUT2D eigenvalue weighted by Crippen LogP contribution is 2.45. The van der Waals surface area contributed by atoms with Crippen LogP contribution in [0.5, 0.6) is 0 Å². The van der Waals surface area contributed by atoms with Gasteiger partial charge in [-0.25, -0.2) is 4.79 Å². The molecule has 0 spiro atoms. The summed E-state index contributed by atoms with van der Waals surface area (Å²) in [5.41, 5.74) is 0. The second-order valence-electron chi connectivity index (χ2n) is 13.2. The lowest BCUT2D eigenvalue weighted by atomic mass is 9.68. The molecule has 2 aliphatic heterocycles. The van der Waals surface area contributed by atoms with Crippen LogP contribution >= 0.6 is 0 Å².